The van der Waals surface area contributed by atoms with Crippen LogP contribution in [0.25, 0.3) is 0 Å². The molecule has 2 amide bonds. The summed E-state index contributed by atoms with van der Waals surface area (Å²) < 4.78 is 0. The number of amides is 2. The summed E-state index contributed by atoms with van der Waals surface area (Å²) in [6, 6.07) is -0.0547. The zero-order valence-corrected chi connectivity index (χ0v) is 15.2. The molecule has 5 aliphatic rings. The standard InChI is InChI=1S/C17H26N4O2S/c1-3-10-21-12-11(13(24-2)20-15(21)22)18-14(19-12)16-4-7-17(23,8-5-16)9-6-16/h12,23H,3-10H2,1-2H3,(H,18,19)(H,20,22). The van der Waals surface area contributed by atoms with E-state index in [1.807, 2.05) is 11.2 Å². The van der Waals surface area contributed by atoms with E-state index in [-0.39, 0.29) is 17.6 Å². The van der Waals surface area contributed by atoms with Gasteiger partial charge in [-0.15, -0.1) is 11.8 Å². The molecule has 3 N–H and O–H groups in total. The van der Waals surface area contributed by atoms with Crippen molar-refractivity contribution in [1.82, 2.24) is 15.5 Å². The molecule has 3 fully saturated rings. The number of hydrogen-bond acceptors (Lipinski definition) is 5. The van der Waals surface area contributed by atoms with Gasteiger partial charge in [0.05, 0.1) is 16.3 Å². The first-order valence-corrected chi connectivity index (χ1v) is 10.2. The van der Waals surface area contributed by atoms with Crippen LogP contribution in [0.5, 0.6) is 0 Å². The summed E-state index contributed by atoms with van der Waals surface area (Å²) in [6.07, 6.45) is 8.22. The third-order valence-electron chi connectivity index (χ3n) is 6.16. The fourth-order valence-electron chi connectivity index (χ4n) is 4.57. The number of hydrogen-bond donors (Lipinski definition) is 3. The van der Waals surface area contributed by atoms with Gasteiger partial charge in [0.2, 0.25) is 0 Å². The molecule has 3 saturated carbocycles. The molecular formula is C17H26N4O2S. The van der Waals surface area contributed by atoms with E-state index < -0.39 is 5.60 Å². The van der Waals surface area contributed by atoms with Crippen molar-refractivity contribution in [2.75, 3.05) is 12.8 Å². The van der Waals surface area contributed by atoms with Gasteiger partial charge in [0.15, 0.2) is 6.17 Å². The minimum Gasteiger partial charge on any atom is -0.390 e. The molecule has 7 heteroatoms. The van der Waals surface area contributed by atoms with E-state index in [0.29, 0.717) is 6.54 Å². The normalized spacial score (nSPS) is 38.0. The number of carbonyl (C=O) groups excluding carboxylic acids is 1. The molecule has 24 heavy (non-hydrogen) atoms. The Morgan fingerprint density at radius 2 is 1.92 bits per heavy atom. The average Bonchev–Trinajstić information content (AvgIpc) is 3.04. The predicted octanol–water partition coefficient (Wildman–Crippen LogP) is 2.37. The number of thioether (sulfide) groups is 1. The summed E-state index contributed by atoms with van der Waals surface area (Å²) in [6.45, 7) is 2.78. The van der Waals surface area contributed by atoms with Gasteiger partial charge in [-0.2, -0.15) is 0 Å². The number of amidine groups is 1. The van der Waals surface area contributed by atoms with Crippen molar-refractivity contribution in [2.45, 2.75) is 63.6 Å². The van der Waals surface area contributed by atoms with E-state index >= 15 is 0 Å². The molecule has 0 aromatic heterocycles. The van der Waals surface area contributed by atoms with Crippen LogP contribution in [0.3, 0.4) is 0 Å². The van der Waals surface area contributed by atoms with Crippen LogP contribution in [0.1, 0.15) is 51.9 Å². The van der Waals surface area contributed by atoms with E-state index in [0.717, 1.165) is 61.5 Å². The number of nitrogens with zero attached hydrogens (tertiary/aromatic N) is 2. The molecule has 3 aliphatic carbocycles. The third-order valence-corrected chi connectivity index (χ3v) is 6.89. The van der Waals surface area contributed by atoms with E-state index in [2.05, 4.69) is 17.6 Å². The first-order chi connectivity index (χ1) is 11.5. The van der Waals surface area contributed by atoms with Gasteiger partial charge in [0.1, 0.15) is 5.84 Å². The smallest absolute Gasteiger partial charge is 0.324 e. The SMILES string of the molecule is CCCN1C(=O)NC(SC)=C2NC(C34CCC(O)(CC3)CC4)=NC21. The Morgan fingerprint density at radius 3 is 2.50 bits per heavy atom. The largest absolute Gasteiger partial charge is 0.390 e. The van der Waals surface area contributed by atoms with Gasteiger partial charge in [0, 0.05) is 12.0 Å². The van der Waals surface area contributed by atoms with Crippen molar-refractivity contribution in [3.8, 4) is 0 Å². The van der Waals surface area contributed by atoms with Crippen molar-refractivity contribution in [3.05, 3.63) is 10.7 Å². The summed E-state index contributed by atoms with van der Waals surface area (Å²) in [5.41, 5.74) is 0.633. The van der Waals surface area contributed by atoms with Gasteiger partial charge < -0.3 is 15.7 Å². The fraction of sp³-hybridized carbons (Fsp3) is 0.765. The second-order valence-electron chi connectivity index (χ2n) is 7.55. The van der Waals surface area contributed by atoms with Crippen molar-refractivity contribution in [1.29, 1.82) is 0 Å². The van der Waals surface area contributed by atoms with Gasteiger partial charge >= 0.3 is 6.03 Å². The van der Waals surface area contributed by atoms with Crippen molar-refractivity contribution < 1.29 is 9.90 Å². The quantitative estimate of drug-likeness (QED) is 0.727. The Balaban J connectivity index is 1.66. The van der Waals surface area contributed by atoms with Crippen LogP contribution in [0.2, 0.25) is 0 Å². The lowest BCUT2D eigenvalue weighted by Crippen LogP contribution is -2.52. The maximum Gasteiger partial charge on any atom is 0.324 e. The van der Waals surface area contributed by atoms with Gasteiger partial charge in [0.25, 0.3) is 0 Å². The Hall–Kier alpha value is -1.21. The topological polar surface area (TPSA) is 77.0 Å². The summed E-state index contributed by atoms with van der Waals surface area (Å²) in [5.74, 6) is 1.04. The van der Waals surface area contributed by atoms with E-state index in [1.165, 1.54) is 0 Å². The minimum absolute atomic E-state index is 0.0547. The first kappa shape index (κ1) is 16.3. The van der Waals surface area contributed by atoms with Crippen LogP contribution < -0.4 is 10.6 Å². The Labute approximate surface area is 147 Å². The molecule has 2 heterocycles. The summed E-state index contributed by atoms with van der Waals surface area (Å²) in [5, 5.41) is 17.9. The van der Waals surface area contributed by atoms with Crippen LogP contribution in [-0.2, 0) is 0 Å². The first-order valence-electron chi connectivity index (χ1n) is 8.94. The lowest BCUT2D eigenvalue weighted by atomic mass is 9.58. The number of nitrogens with one attached hydrogen (secondary N) is 2. The van der Waals surface area contributed by atoms with Crippen molar-refractivity contribution in [3.63, 3.8) is 0 Å². The van der Waals surface area contributed by atoms with Gasteiger partial charge in [-0.25, -0.2) is 9.79 Å². The van der Waals surface area contributed by atoms with Gasteiger partial charge in [-0.1, -0.05) is 6.92 Å². The Morgan fingerprint density at radius 1 is 1.25 bits per heavy atom. The summed E-state index contributed by atoms with van der Waals surface area (Å²) in [4.78, 5) is 19.2. The van der Waals surface area contributed by atoms with Crippen LogP contribution in [0.15, 0.2) is 15.7 Å². The summed E-state index contributed by atoms with van der Waals surface area (Å²) >= 11 is 1.56. The third kappa shape index (κ3) is 2.36. The fourth-order valence-corrected chi connectivity index (χ4v) is 5.14. The average molecular weight is 350 g/mol. The highest BCUT2D eigenvalue weighted by Crippen LogP contribution is 2.53. The number of fused-ring (bicyclic) bond motifs is 4. The van der Waals surface area contributed by atoms with Crippen LogP contribution in [0.4, 0.5) is 4.79 Å². The Bertz CT molecular complexity index is 606. The van der Waals surface area contributed by atoms with Gasteiger partial charge in [-0.05, 0) is 51.2 Å². The van der Waals surface area contributed by atoms with Gasteiger partial charge in [-0.3, -0.25) is 4.90 Å². The van der Waals surface area contributed by atoms with E-state index in [1.54, 1.807) is 11.8 Å². The molecule has 2 aliphatic heterocycles. The van der Waals surface area contributed by atoms with Crippen LogP contribution >= 0.6 is 11.8 Å². The highest BCUT2D eigenvalue weighted by Gasteiger charge is 2.53. The molecule has 0 aromatic rings. The Kier molecular flexibility index (Phi) is 3.84. The second-order valence-corrected chi connectivity index (χ2v) is 8.37. The molecule has 132 valence electrons. The highest BCUT2D eigenvalue weighted by atomic mass is 32.2. The molecule has 0 spiro atoms. The van der Waals surface area contributed by atoms with E-state index in [4.69, 9.17) is 4.99 Å². The van der Waals surface area contributed by atoms with E-state index in [9.17, 15) is 9.90 Å². The number of urea groups is 1. The lowest BCUT2D eigenvalue weighted by molar-refractivity contribution is -0.0705. The molecule has 1 unspecified atom stereocenters. The molecule has 5 rings (SSSR count). The maximum atomic E-state index is 12.4. The van der Waals surface area contributed by atoms with Crippen LogP contribution in [0, 0.1) is 5.41 Å². The minimum atomic E-state index is -0.441. The van der Waals surface area contributed by atoms with Crippen molar-refractivity contribution in [2.24, 2.45) is 10.4 Å². The highest BCUT2D eigenvalue weighted by molar-refractivity contribution is 8.02. The lowest BCUT2D eigenvalue weighted by Gasteiger charge is -2.50. The number of rotatable bonds is 4. The predicted molar refractivity (Wildman–Crippen MR) is 95.5 cm³/mol. The molecule has 1 atom stereocenters. The number of aliphatic imine (C=N–C) groups is 1. The molecular weight excluding hydrogens is 324 g/mol. The van der Waals surface area contributed by atoms with Crippen LogP contribution in [-0.4, -0.2) is 46.4 Å². The molecule has 6 nitrogen and oxygen atoms in total. The number of aliphatic hydroxyl groups is 1. The zero-order valence-electron chi connectivity index (χ0n) is 14.4. The monoisotopic (exact) mass is 350 g/mol. The van der Waals surface area contributed by atoms with Crippen molar-refractivity contribution >= 4 is 23.6 Å². The molecule has 0 saturated heterocycles. The molecule has 0 radical (unpaired) electrons. The second kappa shape index (κ2) is 5.66. The number of carbonyl (C=O) groups is 1. The summed E-state index contributed by atoms with van der Waals surface area (Å²) in [7, 11) is 0. The molecule has 2 bridgehead atoms. The molecule has 0 aromatic carbocycles. The zero-order chi connectivity index (χ0) is 16.9. The maximum absolute atomic E-state index is 12.4.